The van der Waals surface area contributed by atoms with E-state index in [1.54, 1.807) is 54.6 Å². The van der Waals surface area contributed by atoms with Crippen molar-refractivity contribution in [2.24, 2.45) is 10.9 Å². The third kappa shape index (κ3) is 5.45. The largest absolute Gasteiger partial charge is 0.497 e. The van der Waals surface area contributed by atoms with Gasteiger partial charge >= 0.3 is 0 Å². The number of nitrogens with one attached hydrogen (secondary N) is 1. The Labute approximate surface area is 233 Å². The molecule has 2 N–H and O–H groups in total. The normalized spacial score (nSPS) is 20.5. The Morgan fingerprint density at radius 3 is 2.42 bits per heavy atom. The summed E-state index contributed by atoms with van der Waals surface area (Å²) in [6.07, 6.45) is 5.75. The summed E-state index contributed by atoms with van der Waals surface area (Å²) in [5, 5.41) is 9.63. The number of benzene rings is 2. The van der Waals surface area contributed by atoms with E-state index in [0.717, 1.165) is 0 Å². The summed E-state index contributed by atoms with van der Waals surface area (Å²) < 4.78 is 54.3. The number of hydrogen-bond acceptors (Lipinski definition) is 10. The summed E-state index contributed by atoms with van der Waals surface area (Å²) in [6.45, 7) is 3.31. The summed E-state index contributed by atoms with van der Waals surface area (Å²) in [4.78, 5) is 10.6. The van der Waals surface area contributed by atoms with Gasteiger partial charge in [-0.25, -0.2) is 23.4 Å². The van der Waals surface area contributed by atoms with Crippen molar-refractivity contribution in [2.45, 2.75) is 24.3 Å². The molecule has 40 heavy (non-hydrogen) atoms. The minimum atomic E-state index is -4.39. The second-order valence-electron chi connectivity index (χ2n) is 9.15. The van der Waals surface area contributed by atoms with Crippen LogP contribution in [0.5, 0.6) is 17.2 Å². The van der Waals surface area contributed by atoms with Gasteiger partial charge in [-0.2, -0.15) is 0 Å². The molecule has 4 rings (SSSR count). The summed E-state index contributed by atoms with van der Waals surface area (Å²) in [5.41, 5.74) is -1.07. The lowest BCUT2D eigenvalue weighted by Crippen LogP contribution is -2.54. The van der Waals surface area contributed by atoms with Crippen molar-refractivity contribution in [3.63, 3.8) is 0 Å². The number of hydrogen-bond donors (Lipinski definition) is 2. The number of para-hydroxylation sites is 2. The lowest BCUT2D eigenvalue weighted by molar-refractivity contribution is 0.0869. The number of methoxy groups -OCH3 is 2. The highest BCUT2D eigenvalue weighted by Gasteiger charge is 2.53. The van der Waals surface area contributed by atoms with E-state index in [9.17, 15) is 13.5 Å². The Morgan fingerprint density at radius 2 is 1.77 bits per heavy atom. The molecule has 0 radical (unpaired) electrons. The van der Waals surface area contributed by atoms with Gasteiger partial charge in [0.25, 0.3) is 10.0 Å². The van der Waals surface area contributed by atoms with Crippen molar-refractivity contribution in [1.82, 2.24) is 9.97 Å². The van der Waals surface area contributed by atoms with Gasteiger partial charge in [0, 0.05) is 17.7 Å². The molecular weight excluding hydrogens is 536 g/mol. The van der Waals surface area contributed by atoms with Crippen LogP contribution in [0.15, 0.2) is 84.3 Å². The summed E-state index contributed by atoms with van der Waals surface area (Å²) >= 11 is 0. The third-order valence-corrected chi connectivity index (χ3v) is 8.17. The van der Waals surface area contributed by atoms with Crippen molar-refractivity contribution >= 4 is 21.7 Å². The number of anilines is 1. The topological polar surface area (TPSA) is 141 Å². The van der Waals surface area contributed by atoms with Crippen LogP contribution in [0.1, 0.15) is 19.4 Å². The molecular formula is C28H32N4O7S. The van der Waals surface area contributed by atoms with Gasteiger partial charge in [-0.05, 0) is 42.5 Å². The molecule has 11 nitrogen and oxygen atoms in total. The molecule has 0 bridgehead atoms. The molecule has 0 spiro atoms. The van der Waals surface area contributed by atoms with Crippen LogP contribution >= 0.6 is 0 Å². The number of aliphatic hydroxyl groups excluding tert-OH is 1. The van der Waals surface area contributed by atoms with E-state index in [1.807, 2.05) is 13.8 Å². The number of rotatable bonds is 11. The fraction of sp³-hybridized carbons (Fsp3) is 0.321. The first kappa shape index (κ1) is 28.8. The van der Waals surface area contributed by atoms with Gasteiger partial charge < -0.3 is 24.1 Å². The molecule has 2 atom stereocenters. The summed E-state index contributed by atoms with van der Waals surface area (Å²) in [5.74, 6) is 1.03. The molecule has 0 saturated heterocycles. The fourth-order valence-corrected chi connectivity index (χ4v) is 5.71. The molecule has 12 heteroatoms. The average Bonchev–Trinajstić information content (AvgIpc) is 2.97. The third-order valence-electron chi connectivity index (χ3n) is 6.41. The number of ether oxygens (including phenoxy) is 4. The van der Waals surface area contributed by atoms with Crippen LogP contribution in [0, 0.1) is 5.92 Å². The second kappa shape index (κ2) is 11.9. The highest BCUT2D eigenvalue weighted by Crippen LogP contribution is 2.44. The standard InChI is InChI=1S/C28H32N4O7S/c1-20(2)27(39-24-11-6-5-10-23(24)37-4)13-14-28(31-26(27)38-17-16-33,21-8-7-9-22(18-21)36-3)40(34,35)32-25-12-15-29-19-30-25/h5-15,18-20,33H,16-17H2,1-4H3,(H,29,30,32). The van der Waals surface area contributed by atoms with Crippen LogP contribution in [0.25, 0.3) is 0 Å². The number of aromatic nitrogens is 2. The first-order valence-electron chi connectivity index (χ1n) is 12.5. The Bertz CT molecular complexity index is 1480. The minimum absolute atomic E-state index is 0.0409. The van der Waals surface area contributed by atoms with E-state index in [2.05, 4.69) is 14.7 Å². The molecule has 2 aromatic carbocycles. The van der Waals surface area contributed by atoms with Gasteiger partial charge in [-0.15, -0.1) is 0 Å². The number of sulfonamides is 1. The Kier molecular flexibility index (Phi) is 8.60. The molecule has 212 valence electrons. The maximum atomic E-state index is 14.2. The van der Waals surface area contributed by atoms with Crippen LogP contribution in [0.3, 0.4) is 0 Å². The van der Waals surface area contributed by atoms with E-state index in [-0.39, 0.29) is 36.4 Å². The van der Waals surface area contributed by atoms with Crippen molar-refractivity contribution in [3.05, 3.63) is 84.8 Å². The van der Waals surface area contributed by atoms with Crippen LogP contribution < -0.4 is 18.9 Å². The lowest BCUT2D eigenvalue weighted by Gasteiger charge is -2.41. The zero-order chi connectivity index (χ0) is 28.8. The van der Waals surface area contributed by atoms with E-state index < -0.39 is 20.5 Å². The number of aliphatic hydroxyl groups is 1. The second-order valence-corrected chi connectivity index (χ2v) is 11.0. The first-order valence-corrected chi connectivity index (χ1v) is 14.0. The molecule has 1 aliphatic rings. The lowest BCUT2D eigenvalue weighted by atomic mass is 9.85. The predicted molar refractivity (Wildman–Crippen MR) is 150 cm³/mol. The first-order chi connectivity index (χ1) is 19.2. The SMILES string of the molecule is COc1cccc(C2(S(=O)(=O)Nc3ccncn3)C=CC(Oc3ccccc3OC)(C(C)C)C(OCCO)=N2)c1. The molecule has 0 fully saturated rings. The molecule has 1 aromatic heterocycles. The maximum Gasteiger partial charge on any atom is 0.268 e. The Hall–Kier alpha value is -4.16. The van der Waals surface area contributed by atoms with Crippen molar-refractivity contribution in [2.75, 3.05) is 32.2 Å². The Balaban J connectivity index is 1.95. The van der Waals surface area contributed by atoms with Crippen LogP contribution in [-0.4, -0.2) is 62.4 Å². The van der Waals surface area contributed by atoms with E-state index in [4.69, 9.17) is 23.9 Å². The average molecular weight is 569 g/mol. The summed E-state index contributed by atoms with van der Waals surface area (Å²) in [7, 11) is -1.38. The minimum Gasteiger partial charge on any atom is -0.497 e. The monoisotopic (exact) mass is 568 g/mol. The van der Waals surface area contributed by atoms with Crippen molar-refractivity contribution < 1.29 is 32.5 Å². The summed E-state index contributed by atoms with van der Waals surface area (Å²) in [6, 6.07) is 15.1. The van der Waals surface area contributed by atoms with Gasteiger partial charge in [-0.1, -0.05) is 38.1 Å². The van der Waals surface area contributed by atoms with Crippen LogP contribution in [0.2, 0.25) is 0 Å². The van der Waals surface area contributed by atoms with E-state index >= 15 is 0 Å². The number of aliphatic imine (C=N–C) groups is 1. The van der Waals surface area contributed by atoms with Crippen LogP contribution in [0.4, 0.5) is 5.82 Å². The van der Waals surface area contributed by atoms with Gasteiger partial charge in [0.2, 0.25) is 16.4 Å². The highest BCUT2D eigenvalue weighted by atomic mass is 32.2. The highest BCUT2D eigenvalue weighted by molar-refractivity contribution is 7.93. The van der Waals surface area contributed by atoms with Gasteiger partial charge in [0.05, 0.1) is 20.8 Å². The predicted octanol–water partition coefficient (Wildman–Crippen LogP) is 3.54. The molecule has 0 saturated carbocycles. The smallest absolute Gasteiger partial charge is 0.268 e. The zero-order valence-corrected chi connectivity index (χ0v) is 23.5. The fourth-order valence-electron chi connectivity index (χ4n) is 4.27. The molecule has 2 unspecified atom stereocenters. The molecule has 1 aliphatic heterocycles. The number of nitrogens with zero attached hydrogens (tertiary/aromatic N) is 3. The zero-order valence-electron chi connectivity index (χ0n) is 22.6. The van der Waals surface area contributed by atoms with E-state index in [1.165, 1.54) is 38.9 Å². The molecule has 3 aromatic rings. The van der Waals surface area contributed by atoms with Gasteiger partial charge in [0.15, 0.2) is 11.5 Å². The van der Waals surface area contributed by atoms with Crippen molar-refractivity contribution in [3.8, 4) is 17.2 Å². The van der Waals surface area contributed by atoms with E-state index in [0.29, 0.717) is 17.2 Å². The van der Waals surface area contributed by atoms with Crippen molar-refractivity contribution in [1.29, 1.82) is 0 Å². The quantitative estimate of drug-likeness (QED) is 0.332. The Morgan fingerprint density at radius 1 is 1.00 bits per heavy atom. The molecule has 0 aliphatic carbocycles. The maximum absolute atomic E-state index is 14.2. The van der Waals surface area contributed by atoms with Gasteiger partial charge in [0.1, 0.15) is 24.5 Å². The molecule has 2 heterocycles. The molecule has 0 amide bonds. The van der Waals surface area contributed by atoms with Gasteiger partial charge in [-0.3, -0.25) is 4.72 Å². The van der Waals surface area contributed by atoms with Crippen LogP contribution in [-0.2, 0) is 19.6 Å². The number of dihydropyridines is 1.